The number of nitrogens with one attached hydrogen (secondary N) is 1. The monoisotopic (exact) mass is 416 g/mol. The first-order valence-corrected chi connectivity index (χ1v) is 10.3. The first-order chi connectivity index (χ1) is 13.7. The van der Waals surface area contributed by atoms with Gasteiger partial charge in [0, 0.05) is 44.2 Å². The maximum atomic E-state index is 11.4. The number of piperazine rings is 1. The Balaban J connectivity index is 1.60. The number of phenolic OH excluding ortho intramolecular Hbond substituents is 1. The zero-order valence-corrected chi connectivity index (χ0v) is 17.2. The molecular weight excluding hydrogens is 392 g/mol. The van der Waals surface area contributed by atoms with Gasteiger partial charge in [-0.05, 0) is 26.0 Å². The van der Waals surface area contributed by atoms with Crippen LogP contribution in [0, 0.1) is 5.41 Å². The minimum Gasteiger partial charge on any atom is -0.508 e. The number of anilines is 2. The van der Waals surface area contributed by atoms with Crippen LogP contribution < -0.4 is 5.32 Å². The minimum absolute atomic E-state index is 0.129. The van der Waals surface area contributed by atoms with Crippen LogP contribution in [0.25, 0.3) is 0 Å². The van der Waals surface area contributed by atoms with Crippen molar-refractivity contribution >= 4 is 39.5 Å². The zero-order valence-electron chi connectivity index (χ0n) is 16.3. The second-order valence-corrected chi connectivity index (χ2v) is 8.92. The standard InChI is InChI=1S/C20H24N4O4S/c1-20(2,19(27)28)11-23-5-7-24(8-6-23)17-16-15(26)10-29-18(16)22-13-4-3-12(25)9-14(13)21-17/h3-4,9-10,22,25-26H,5-8,11H2,1-2H3,(H,27,28). The van der Waals surface area contributed by atoms with E-state index in [1.54, 1.807) is 37.4 Å². The number of aliphatic imine (C=N–C) groups is 1. The van der Waals surface area contributed by atoms with Crippen molar-refractivity contribution in [1.29, 1.82) is 0 Å². The first kappa shape index (κ1) is 19.5. The predicted octanol–water partition coefficient (Wildman–Crippen LogP) is 3.02. The molecular formula is C20H24N4O4S. The third-order valence-corrected chi connectivity index (χ3v) is 6.20. The van der Waals surface area contributed by atoms with Crippen molar-refractivity contribution in [2.24, 2.45) is 10.4 Å². The Morgan fingerprint density at radius 2 is 1.97 bits per heavy atom. The Morgan fingerprint density at radius 1 is 1.24 bits per heavy atom. The van der Waals surface area contributed by atoms with Crippen LogP contribution >= 0.6 is 11.3 Å². The first-order valence-electron chi connectivity index (χ1n) is 9.45. The van der Waals surface area contributed by atoms with Crippen molar-refractivity contribution in [2.75, 3.05) is 38.0 Å². The number of carboxylic acids is 1. The fourth-order valence-corrected chi connectivity index (χ4v) is 4.47. The lowest BCUT2D eigenvalue weighted by atomic mass is 9.93. The van der Waals surface area contributed by atoms with Crippen molar-refractivity contribution in [3.63, 3.8) is 0 Å². The molecule has 4 rings (SSSR count). The van der Waals surface area contributed by atoms with E-state index in [-0.39, 0.29) is 11.5 Å². The highest BCUT2D eigenvalue weighted by molar-refractivity contribution is 7.15. The molecule has 4 N–H and O–H groups in total. The van der Waals surface area contributed by atoms with E-state index in [0.717, 1.165) is 10.7 Å². The van der Waals surface area contributed by atoms with Gasteiger partial charge in [0.05, 0.1) is 22.4 Å². The number of carbonyl (C=O) groups is 1. The summed E-state index contributed by atoms with van der Waals surface area (Å²) >= 11 is 1.41. The highest BCUT2D eigenvalue weighted by Crippen LogP contribution is 2.43. The number of hydrogen-bond donors (Lipinski definition) is 4. The quantitative estimate of drug-likeness (QED) is 0.570. The van der Waals surface area contributed by atoms with Gasteiger partial charge in [0.25, 0.3) is 0 Å². The number of benzene rings is 1. The molecule has 29 heavy (non-hydrogen) atoms. The number of nitrogens with zero attached hydrogens (tertiary/aromatic N) is 3. The van der Waals surface area contributed by atoms with Crippen LogP contribution in [0.1, 0.15) is 19.4 Å². The molecule has 8 nitrogen and oxygen atoms in total. The summed E-state index contributed by atoms with van der Waals surface area (Å²) in [6.45, 7) is 6.70. The molecule has 154 valence electrons. The van der Waals surface area contributed by atoms with E-state index in [1.165, 1.54) is 11.3 Å². The molecule has 1 aromatic carbocycles. The number of aliphatic carboxylic acids is 1. The number of carboxylic acid groups (broad SMARTS) is 1. The highest BCUT2D eigenvalue weighted by Gasteiger charge is 2.33. The Hall–Kier alpha value is -2.78. The van der Waals surface area contributed by atoms with Gasteiger partial charge < -0.3 is 25.5 Å². The van der Waals surface area contributed by atoms with Gasteiger partial charge in [0.15, 0.2) is 0 Å². The van der Waals surface area contributed by atoms with E-state index in [1.807, 2.05) is 0 Å². The Bertz CT molecular complexity index is 977. The molecule has 0 radical (unpaired) electrons. The lowest BCUT2D eigenvalue weighted by Gasteiger charge is -2.38. The lowest BCUT2D eigenvalue weighted by Crippen LogP contribution is -2.52. The van der Waals surface area contributed by atoms with E-state index in [2.05, 4.69) is 15.1 Å². The molecule has 3 heterocycles. The van der Waals surface area contributed by atoms with Crippen LogP contribution in [0.3, 0.4) is 0 Å². The van der Waals surface area contributed by atoms with Gasteiger partial charge in [-0.15, -0.1) is 11.3 Å². The van der Waals surface area contributed by atoms with Crippen molar-refractivity contribution in [1.82, 2.24) is 9.80 Å². The van der Waals surface area contributed by atoms with E-state index in [0.29, 0.717) is 49.8 Å². The number of thiophene rings is 1. The number of phenols is 1. The summed E-state index contributed by atoms with van der Waals surface area (Å²) in [4.78, 5) is 20.5. The fraction of sp³-hybridized carbons (Fsp3) is 0.400. The van der Waals surface area contributed by atoms with Crippen molar-refractivity contribution in [3.05, 3.63) is 29.1 Å². The summed E-state index contributed by atoms with van der Waals surface area (Å²) in [5.41, 5.74) is 1.23. The molecule has 0 saturated carbocycles. The molecule has 0 amide bonds. The average Bonchev–Trinajstić information content (AvgIpc) is 2.93. The van der Waals surface area contributed by atoms with E-state index in [4.69, 9.17) is 4.99 Å². The molecule has 0 bridgehead atoms. The fourth-order valence-electron chi connectivity index (χ4n) is 3.64. The lowest BCUT2D eigenvalue weighted by molar-refractivity contribution is -0.148. The molecule has 2 aliphatic heterocycles. The van der Waals surface area contributed by atoms with Crippen molar-refractivity contribution < 1.29 is 20.1 Å². The van der Waals surface area contributed by atoms with E-state index < -0.39 is 11.4 Å². The minimum atomic E-state index is -0.804. The van der Waals surface area contributed by atoms with Crippen LogP contribution in [-0.4, -0.2) is 69.6 Å². The van der Waals surface area contributed by atoms with E-state index >= 15 is 0 Å². The molecule has 1 aromatic heterocycles. The molecule has 1 saturated heterocycles. The molecule has 0 atom stereocenters. The molecule has 0 unspecified atom stereocenters. The second kappa shape index (κ2) is 7.23. The second-order valence-electron chi connectivity index (χ2n) is 8.04. The van der Waals surface area contributed by atoms with Crippen LogP contribution in [0.2, 0.25) is 0 Å². The maximum Gasteiger partial charge on any atom is 0.310 e. The van der Waals surface area contributed by atoms with Crippen molar-refractivity contribution in [3.8, 4) is 11.5 Å². The van der Waals surface area contributed by atoms with Gasteiger partial charge in [0.2, 0.25) is 0 Å². The zero-order chi connectivity index (χ0) is 20.8. The number of aromatic hydroxyl groups is 2. The van der Waals surface area contributed by atoms with Gasteiger partial charge >= 0.3 is 5.97 Å². The molecule has 2 aliphatic rings. The predicted molar refractivity (Wildman–Crippen MR) is 113 cm³/mol. The van der Waals surface area contributed by atoms with Gasteiger partial charge in [-0.3, -0.25) is 9.69 Å². The summed E-state index contributed by atoms with van der Waals surface area (Å²) in [5, 5.41) is 35.5. The number of hydrogen-bond acceptors (Lipinski definition) is 8. The molecule has 0 aliphatic carbocycles. The number of rotatable bonds is 3. The Labute approximate surface area is 172 Å². The summed E-state index contributed by atoms with van der Waals surface area (Å²) in [5.74, 6) is 0.155. The maximum absolute atomic E-state index is 11.4. The molecule has 1 fully saturated rings. The normalized spacial score (nSPS) is 17.0. The van der Waals surface area contributed by atoms with Gasteiger partial charge in [-0.1, -0.05) is 0 Å². The number of fused-ring (bicyclic) bond motifs is 2. The highest BCUT2D eigenvalue weighted by atomic mass is 32.1. The van der Waals surface area contributed by atoms with Crippen molar-refractivity contribution in [2.45, 2.75) is 13.8 Å². The van der Waals surface area contributed by atoms with Gasteiger partial charge in [-0.25, -0.2) is 4.99 Å². The summed E-state index contributed by atoms with van der Waals surface area (Å²) in [6.07, 6.45) is 0. The van der Waals surface area contributed by atoms with Gasteiger partial charge in [-0.2, -0.15) is 0 Å². The summed E-state index contributed by atoms with van der Waals surface area (Å²) < 4.78 is 0. The largest absolute Gasteiger partial charge is 0.508 e. The SMILES string of the molecule is CC(C)(CN1CCN(C2=Nc3cc(O)ccc3Nc3scc(O)c32)CC1)C(=O)O. The number of amidine groups is 1. The Morgan fingerprint density at radius 3 is 2.66 bits per heavy atom. The molecule has 9 heteroatoms. The van der Waals surface area contributed by atoms with Gasteiger partial charge in [0.1, 0.15) is 22.3 Å². The Kier molecular flexibility index (Phi) is 4.87. The van der Waals surface area contributed by atoms with E-state index in [9.17, 15) is 20.1 Å². The van der Waals surface area contributed by atoms with Crippen LogP contribution in [0.15, 0.2) is 28.6 Å². The smallest absolute Gasteiger partial charge is 0.310 e. The van der Waals surface area contributed by atoms with Crippen LogP contribution in [0.4, 0.5) is 16.4 Å². The summed E-state index contributed by atoms with van der Waals surface area (Å²) in [6, 6.07) is 4.97. The topological polar surface area (TPSA) is 109 Å². The summed E-state index contributed by atoms with van der Waals surface area (Å²) in [7, 11) is 0. The van der Waals surface area contributed by atoms with Crippen LogP contribution in [-0.2, 0) is 4.79 Å². The third-order valence-electron chi connectivity index (χ3n) is 5.32. The molecule has 2 aromatic rings. The molecule has 0 spiro atoms. The van der Waals surface area contributed by atoms with Crippen LogP contribution in [0.5, 0.6) is 11.5 Å². The third kappa shape index (κ3) is 3.75. The average molecular weight is 417 g/mol.